The average molecular weight is 326 g/mol. The summed E-state index contributed by atoms with van der Waals surface area (Å²) in [6.45, 7) is 3.60. The molecule has 0 aromatic heterocycles. The Bertz CT molecular complexity index is 420. The van der Waals surface area contributed by atoms with Gasteiger partial charge in [-0.15, -0.1) is 0 Å². The zero-order chi connectivity index (χ0) is 13.1. The Morgan fingerprint density at radius 1 is 1.21 bits per heavy atom. The summed E-state index contributed by atoms with van der Waals surface area (Å²) in [5.41, 5.74) is 1.35. The summed E-state index contributed by atoms with van der Waals surface area (Å²) in [5.74, 6) is 0. The molecule has 2 aliphatic heterocycles. The maximum atomic E-state index is 5.71. The van der Waals surface area contributed by atoms with Gasteiger partial charge in [0.15, 0.2) is 6.29 Å². The van der Waals surface area contributed by atoms with E-state index in [1.165, 1.54) is 24.8 Å². The number of halogens is 1. The topological polar surface area (TPSA) is 21.7 Å². The van der Waals surface area contributed by atoms with Crippen molar-refractivity contribution in [3.05, 3.63) is 34.3 Å². The molecule has 0 bridgehead atoms. The summed E-state index contributed by atoms with van der Waals surface area (Å²) >= 11 is 3.54. The minimum Gasteiger partial charge on any atom is -0.349 e. The number of piperidine rings is 1. The van der Waals surface area contributed by atoms with Crippen LogP contribution in [0.5, 0.6) is 0 Å². The highest BCUT2D eigenvalue weighted by Crippen LogP contribution is 2.26. The van der Waals surface area contributed by atoms with Crippen LogP contribution in [0, 0.1) is 0 Å². The Morgan fingerprint density at radius 3 is 2.84 bits per heavy atom. The first kappa shape index (κ1) is 13.6. The molecule has 0 amide bonds. The van der Waals surface area contributed by atoms with Gasteiger partial charge < -0.3 is 9.47 Å². The summed E-state index contributed by atoms with van der Waals surface area (Å²) in [6.07, 6.45) is 3.71. The molecule has 104 valence electrons. The van der Waals surface area contributed by atoms with Crippen LogP contribution in [0.1, 0.15) is 24.8 Å². The molecule has 3 rings (SSSR count). The molecule has 0 spiro atoms. The minimum absolute atomic E-state index is 0.0209. The average Bonchev–Trinajstić information content (AvgIpc) is 2.93. The molecule has 2 saturated heterocycles. The maximum absolute atomic E-state index is 5.71. The van der Waals surface area contributed by atoms with E-state index in [1.807, 2.05) is 0 Å². The second kappa shape index (κ2) is 6.35. The predicted octanol–water partition coefficient (Wildman–Crippen LogP) is 3.18. The van der Waals surface area contributed by atoms with E-state index >= 15 is 0 Å². The van der Waals surface area contributed by atoms with E-state index in [4.69, 9.17) is 9.47 Å². The number of likely N-dealkylation sites (tertiary alicyclic amines) is 1. The largest absolute Gasteiger partial charge is 0.349 e. The molecule has 1 atom stereocenters. The van der Waals surface area contributed by atoms with Crippen molar-refractivity contribution in [1.29, 1.82) is 0 Å². The molecule has 19 heavy (non-hydrogen) atoms. The zero-order valence-electron chi connectivity index (χ0n) is 11.1. The molecule has 0 N–H and O–H groups in total. The molecule has 0 radical (unpaired) electrons. The van der Waals surface area contributed by atoms with Gasteiger partial charge in [-0.3, -0.25) is 4.90 Å². The van der Waals surface area contributed by atoms with Gasteiger partial charge in [-0.05, 0) is 37.1 Å². The van der Waals surface area contributed by atoms with Gasteiger partial charge in [0.05, 0.1) is 19.3 Å². The lowest BCUT2D eigenvalue weighted by atomic mass is 10.0. The number of ether oxygens (including phenoxy) is 2. The third-order valence-electron chi connectivity index (χ3n) is 3.90. The van der Waals surface area contributed by atoms with Crippen molar-refractivity contribution < 1.29 is 9.47 Å². The third-order valence-corrected chi connectivity index (χ3v) is 4.39. The molecule has 0 aliphatic carbocycles. The summed E-state index contributed by atoms with van der Waals surface area (Å²) < 4.78 is 12.6. The fraction of sp³-hybridized carbons (Fsp3) is 0.600. The lowest BCUT2D eigenvalue weighted by Crippen LogP contribution is -2.46. The molecular formula is C15H20BrNO2. The monoisotopic (exact) mass is 325 g/mol. The highest BCUT2D eigenvalue weighted by atomic mass is 79.9. The quantitative estimate of drug-likeness (QED) is 0.852. The lowest BCUT2D eigenvalue weighted by Gasteiger charge is -2.38. The Morgan fingerprint density at radius 2 is 2.05 bits per heavy atom. The minimum atomic E-state index is -0.0209. The van der Waals surface area contributed by atoms with Crippen LogP contribution >= 0.6 is 15.9 Å². The number of hydrogen-bond acceptors (Lipinski definition) is 3. The third kappa shape index (κ3) is 3.37. The molecule has 2 heterocycles. The van der Waals surface area contributed by atoms with Gasteiger partial charge in [-0.2, -0.15) is 0 Å². The van der Waals surface area contributed by atoms with Crippen LogP contribution in [0.25, 0.3) is 0 Å². The second-order valence-corrected chi connectivity index (χ2v) is 6.19. The summed E-state index contributed by atoms with van der Waals surface area (Å²) in [6, 6.07) is 8.96. The molecule has 4 heteroatoms. The first-order valence-corrected chi connectivity index (χ1v) is 7.84. The first-order chi connectivity index (χ1) is 9.33. The fourth-order valence-electron chi connectivity index (χ4n) is 2.99. The van der Waals surface area contributed by atoms with Crippen molar-refractivity contribution in [3.8, 4) is 0 Å². The molecule has 2 aliphatic rings. The van der Waals surface area contributed by atoms with Gasteiger partial charge in [-0.1, -0.05) is 34.5 Å². The van der Waals surface area contributed by atoms with Crippen LogP contribution < -0.4 is 0 Å². The van der Waals surface area contributed by atoms with Crippen LogP contribution in [0.3, 0.4) is 0 Å². The van der Waals surface area contributed by atoms with E-state index in [2.05, 4.69) is 45.1 Å². The Hall–Kier alpha value is -0.420. The van der Waals surface area contributed by atoms with E-state index in [1.54, 1.807) is 0 Å². The Labute approximate surface area is 123 Å². The van der Waals surface area contributed by atoms with Gasteiger partial charge in [0.2, 0.25) is 0 Å². The van der Waals surface area contributed by atoms with Crippen LogP contribution in [-0.4, -0.2) is 37.0 Å². The van der Waals surface area contributed by atoms with Crippen molar-refractivity contribution in [2.45, 2.75) is 38.1 Å². The van der Waals surface area contributed by atoms with Gasteiger partial charge in [0.25, 0.3) is 0 Å². The van der Waals surface area contributed by atoms with E-state index in [9.17, 15) is 0 Å². The second-order valence-electron chi connectivity index (χ2n) is 5.27. The standard InChI is InChI=1S/C15H20BrNO2/c16-13-5-3-4-12(10-13)11-17-7-2-1-6-14(17)15-18-8-9-19-15/h3-5,10,14-15H,1-2,6-9,11H2. The summed E-state index contributed by atoms with van der Waals surface area (Å²) in [7, 11) is 0. The maximum Gasteiger partial charge on any atom is 0.173 e. The van der Waals surface area contributed by atoms with Crippen molar-refractivity contribution in [1.82, 2.24) is 4.90 Å². The van der Waals surface area contributed by atoms with Crippen molar-refractivity contribution >= 4 is 15.9 Å². The van der Waals surface area contributed by atoms with Crippen molar-refractivity contribution in [2.24, 2.45) is 0 Å². The molecular weight excluding hydrogens is 306 g/mol. The van der Waals surface area contributed by atoms with Crippen LogP contribution in [0.15, 0.2) is 28.7 Å². The number of hydrogen-bond donors (Lipinski definition) is 0. The van der Waals surface area contributed by atoms with Crippen molar-refractivity contribution in [2.75, 3.05) is 19.8 Å². The van der Waals surface area contributed by atoms with Gasteiger partial charge in [0, 0.05) is 11.0 Å². The molecule has 2 fully saturated rings. The smallest absolute Gasteiger partial charge is 0.173 e. The highest BCUT2D eigenvalue weighted by Gasteiger charge is 2.33. The van der Waals surface area contributed by atoms with E-state index < -0.39 is 0 Å². The zero-order valence-corrected chi connectivity index (χ0v) is 12.6. The van der Waals surface area contributed by atoms with Crippen LogP contribution in [0.2, 0.25) is 0 Å². The molecule has 1 aromatic carbocycles. The van der Waals surface area contributed by atoms with E-state index in [-0.39, 0.29) is 6.29 Å². The molecule has 1 aromatic rings. The highest BCUT2D eigenvalue weighted by molar-refractivity contribution is 9.10. The normalized spacial score (nSPS) is 25.8. The molecule has 0 saturated carbocycles. The predicted molar refractivity (Wildman–Crippen MR) is 77.9 cm³/mol. The summed E-state index contributed by atoms with van der Waals surface area (Å²) in [5, 5.41) is 0. The Balaban J connectivity index is 1.69. The summed E-state index contributed by atoms with van der Waals surface area (Å²) in [4.78, 5) is 2.52. The fourth-order valence-corrected chi connectivity index (χ4v) is 3.44. The molecule has 3 nitrogen and oxygen atoms in total. The Kier molecular flexibility index (Phi) is 4.53. The number of benzene rings is 1. The number of nitrogens with zero attached hydrogens (tertiary/aromatic N) is 1. The van der Waals surface area contributed by atoms with E-state index in [0.29, 0.717) is 6.04 Å². The number of rotatable bonds is 3. The van der Waals surface area contributed by atoms with Gasteiger partial charge in [-0.25, -0.2) is 0 Å². The van der Waals surface area contributed by atoms with Crippen LogP contribution in [-0.2, 0) is 16.0 Å². The first-order valence-electron chi connectivity index (χ1n) is 7.04. The molecule has 1 unspecified atom stereocenters. The van der Waals surface area contributed by atoms with Crippen LogP contribution in [0.4, 0.5) is 0 Å². The van der Waals surface area contributed by atoms with Crippen molar-refractivity contribution in [3.63, 3.8) is 0 Å². The van der Waals surface area contributed by atoms with Gasteiger partial charge >= 0.3 is 0 Å². The lowest BCUT2D eigenvalue weighted by molar-refractivity contribution is -0.111. The van der Waals surface area contributed by atoms with Gasteiger partial charge in [0.1, 0.15) is 0 Å². The SMILES string of the molecule is Brc1cccc(CN2CCCCC2C2OCCO2)c1. The van der Waals surface area contributed by atoms with E-state index in [0.717, 1.165) is 30.8 Å².